The van der Waals surface area contributed by atoms with Gasteiger partial charge < -0.3 is 15.2 Å². The summed E-state index contributed by atoms with van der Waals surface area (Å²) in [6.07, 6.45) is 0.307. The van der Waals surface area contributed by atoms with E-state index in [1.165, 1.54) is 0 Å². The van der Waals surface area contributed by atoms with Gasteiger partial charge in [-0.1, -0.05) is 30.3 Å². The Hall–Kier alpha value is -1.59. The smallest absolute Gasteiger partial charge is 0.323 e. The fourth-order valence-electron chi connectivity index (χ4n) is 1.62. The van der Waals surface area contributed by atoms with Crippen LogP contribution >= 0.6 is 12.4 Å². The zero-order valence-electron chi connectivity index (χ0n) is 13.2. The maximum absolute atomic E-state index is 11.7. The molecule has 1 rings (SSSR count). The van der Waals surface area contributed by atoms with Crippen LogP contribution in [0.15, 0.2) is 30.3 Å². The number of hydrogen-bond donors (Lipinski definition) is 1. The molecule has 0 radical (unpaired) electrons. The molecule has 0 spiro atoms. The third-order valence-corrected chi connectivity index (χ3v) is 2.61. The molecular weight excluding hydrogens is 306 g/mol. The lowest BCUT2D eigenvalue weighted by Gasteiger charge is -2.20. The number of hydrogen-bond acceptors (Lipinski definition) is 5. The van der Waals surface area contributed by atoms with Gasteiger partial charge in [0, 0.05) is 6.42 Å². The summed E-state index contributed by atoms with van der Waals surface area (Å²) >= 11 is 0. The van der Waals surface area contributed by atoms with Crippen LogP contribution < -0.4 is 5.73 Å². The highest BCUT2D eigenvalue weighted by Gasteiger charge is 2.20. The molecule has 0 bridgehead atoms. The Bertz CT molecular complexity index is 471. The minimum absolute atomic E-state index is 0. The Morgan fingerprint density at radius 1 is 1.18 bits per heavy atom. The Morgan fingerprint density at radius 3 is 2.32 bits per heavy atom. The van der Waals surface area contributed by atoms with Gasteiger partial charge in [0.25, 0.3) is 0 Å². The van der Waals surface area contributed by atoms with E-state index in [1.807, 2.05) is 30.3 Å². The average Bonchev–Trinajstić information content (AvgIpc) is 2.41. The van der Waals surface area contributed by atoms with Gasteiger partial charge in [0.2, 0.25) is 0 Å². The molecule has 0 saturated carbocycles. The molecule has 0 fully saturated rings. The second-order valence-corrected chi connectivity index (χ2v) is 5.82. The normalized spacial score (nSPS) is 12.0. The molecule has 0 aliphatic heterocycles. The summed E-state index contributed by atoms with van der Waals surface area (Å²) in [5.74, 6) is -0.878. The van der Waals surface area contributed by atoms with E-state index in [-0.39, 0.29) is 37.8 Å². The number of nitrogens with two attached hydrogens (primary N) is 1. The zero-order valence-corrected chi connectivity index (χ0v) is 14.0. The van der Waals surface area contributed by atoms with E-state index in [1.54, 1.807) is 20.8 Å². The molecule has 0 unspecified atom stereocenters. The fraction of sp³-hybridized carbons (Fsp3) is 0.500. The number of halogens is 1. The molecule has 1 atom stereocenters. The number of benzene rings is 1. The van der Waals surface area contributed by atoms with E-state index >= 15 is 0 Å². The van der Waals surface area contributed by atoms with Gasteiger partial charge in [-0.3, -0.25) is 9.59 Å². The molecular formula is C16H24ClNO4. The van der Waals surface area contributed by atoms with Gasteiger partial charge in [0.15, 0.2) is 0 Å². The molecule has 5 nitrogen and oxygen atoms in total. The van der Waals surface area contributed by atoms with E-state index in [9.17, 15) is 9.59 Å². The van der Waals surface area contributed by atoms with Gasteiger partial charge in [0.1, 0.15) is 18.2 Å². The molecule has 6 heteroatoms. The van der Waals surface area contributed by atoms with Crippen molar-refractivity contribution in [3.05, 3.63) is 35.9 Å². The lowest BCUT2D eigenvalue weighted by molar-refractivity contribution is -0.155. The zero-order chi connectivity index (χ0) is 15.9. The molecule has 2 N–H and O–H groups in total. The number of ether oxygens (including phenoxy) is 2. The van der Waals surface area contributed by atoms with Gasteiger partial charge in [-0.25, -0.2) is 0 Å². The van der Waals surface area contributed by atoms with Gasteiger partial charge in [-0.05, 0) is 32.8 Å². The SMILES string of the molecule is CC(C)(C)OC(=O)CC[C@H](N)C(=O)OCc1ccccc1.Cl. The van der Waals surface area contributed by atoms with Crippen LogP contribution in [0, 0.1) is 0 Å². The van der Waals surface area contributed by atoms with E-state index in [4.69, 9.17) is 15.2 Å². The third kappa shape index (κ3) is 8.64. The summed E-state index contributed by atoms with van der Waals surface area (Å²) in [5.41, 5.74) is 6.07. The van der Waals surface area contributed by atoms with Crippen LogP contribution in [-0.2, 0) is 25.7 Å². The molecule has 1 aromatic carbocycles. The van der Waals surface area contributed by atoms with Gasteiger partial charge in [-0.15, -0.1) is 12.4 Å². The summed E-state index contributed by atoms with van der Waals surface area (Å²) in [7, 11) is 0. The summed E-state index contributed by atoms with van der Waals surface area (Å²) in [6.45, 7) is 5.55. The first kappa shape index (κ1) is 20.4. The van der Waals surface area contributed by atoms with E-state index < -0.39 is 17.6 Å². The van der Waals surface area contributed by atoms with Crippen molar-refractivity contribution in [2.45, 2.75) is 51.9 Å². The first-order valence-corrected chi connectivity index (χ1v) is 6.96. The number of carbonyl (C=O) groups is 2. The Morgan fingerprint density at radius 2 is 1.77 bits per heavy atom. The van der Waals surface area contributed by atoms with Gasteiger partial charge in [-0.2, -0.15) is 0 Å². The monoisotopic (exact) mass is 329 g/mol. The van der Waals surface area contributed by atoms with Crippen LogP contribution in [0.3, 0.4) is 0 Å². The molecule has 0 aromatic heterocycles. The highest BCUT2D eigenvalue weighted by Crippen LogP contribution is 2.10. The second kappa shape index (κ2) is 9.43. The standard InChI is InChI=1S/C16H23NO4.ClH/c1-16(2,3)21-14(18)10-9-13(17)15(19)20-11-12-7-5-4-6-8-12;/h4-8,13H,9-11,17H2,1-3H3;1H/t13-;/m0./s1. The predicted molar refractivity (Wildman–Crippen MR) is 86.5 cm³/mol. The average molecular weight is 330 g/mol. The molecule has 0 amide bonds. The first-order chi connectivity index (χ1) is 9.78. The molecule has 124 valence electrons. The van der Waals surface area contributed by atoms with Crippen molar-refractivity contribution < 1.29 is 19.1 Å². The van der Waals surface area contributed by atoms with Crippen LogP contribution in [0.25, 0.3) is 0 Å². The molecule has 0 aliphatic carbocycles. The first-order valence-electron chi connectivity index (χ1n) is 6.96. The lowest BCUT2D eigenvalue weighted by atomic mass is 10.1. The van der Waals surface area contributed by atoms with E-state index in [0.717, 1.165) is 5.56 Å². The third-order valence-electron chi connectivity index (χ3n) is 2.61. The van der Waals surface area contributed by atoms with Gasteiger partial charge >= 0.3 is 11.9 Å². The van der Waals surface area contributed by atoms with Crippen molar-refractivity contribution in [2.24, 2.45) is 5.73 Å². The van der Waals surface area contributed by atoms with Crippen molar-refractivity contribution in [1.82, 2.24) is 0 Å². The van der Waals surface area contributed by atoms with Crippen molar-refractivity contribution in [3.63, 3.8) is 0 Å². The topological polar surface area (TPSA) is 78.6 Å². The predicted octanol–water partition coefficient (Wildman–Crippen LogP) is 2.60. The summed E-state index contributed by atoms with van der Waals surface area (Å²) in [6, 6.07) is 8.52. The number of esters is 2. The highest BCUT2D eigenvalue weighted by atomic mass is 35.5. The maximum Gasteiger partial charge on any atom is 0.323 e. The van der Waals surface area contributed by atoms with Crippen molar-refractivity contribution in [3.8, 4) is 0 Å². The summed E-state index contributed by atoms with van der Waals surface area (Å²) in [4.78, 5) is 23.2. The van der Waals surface area contributed by atoms with E-state index in [2.05, 4.69) is 0 Å². The quantitative estimate of drug-likeness (QED) is 0.811. The van der Waals surface area contributed by atoms with Crippen molar-refractivity contribution in [1.29, 1.82) is 0 Å². The Kier molecular flexibility index (Phi) is 8.75. The highest BCUT2D eigenvalue weighted by molar-refractivity contribution is 5.85. The Balaban J connectivity index is 0.00000441. The summed E-state index contributed by atoms with van der Waals surface area (Å²) in [5, 5.41) is 0. The molecule has 0 heterocycles. The second-order valence-electron chi connectivity index (χ2n) is 5.82. The van der Waals surface area contributed by atoms with Crippen molar-refractivity contribution >= 4 is 24.3 Å². The van der Waals surface area contributed by atoms with Crippen LogP contribution in [0.4, 0.5) is 0 Å². The molecule has 1 aromatic rings. The number of carbonyl (C=O) groups excluding carboxylic acids is 2. The van der Waals surface area contributed by atoms with Crippen LogP contribution in [0.2, 0.25) is 0 Å². The summed E-state index contributed by atoms with van der Waals surface area (Å²) < 4.78 is 10.3. The molecule has 0 aliphatic rings. The van der Waals surface area contributed by atoms with E-state index in [0.29, 0.717) is 0 Å². The minimum atomic E-state index is -0.818. The largest absolute Gasteiger partial charge is 0.460 e. The van der Waals surface area contributed by atoms with Gasteiger partial charge in [0.05, 0.1) is 0 Å². The number of rotatable bonds is 6. The van der Waals surface area contributed by atoms with Crippen LogP contribution in [0.5, 0.6) is 0 Å². The van der Waals surface area contributed by atoms with Crippen LogP contribution in [-0.4, -0.2) is 23.6 Å². The van der Waals surface area contributed by atoms with Crippen LogP contribution in [0.1, 0.15) is 39.2 Å². The lowest BCUT2D eigenvalue weighted by Crippen LogP contribution is -2.33. The molecule has 0 saturated heterocycles. The minimum Gasteiger partial charge on any atom is -0.460 e. The fourth-order valence-corrected chi connectivity index (χ4v) is 1.62. The Labute approximate surface area is 137 Å². The van der Waals surface area contributed by atoms with Crippen molar-refractivity contribution in [2.75, 3.05) is 0 Å². The molecule has 22 heavy (non-hydrogen) atoms. The maximum atomic E-state index is 11.7.